The minimum Gasteiger partial charge on any atom is -0.358 e. The molecular formula is C18H21ClN2O2S. The van der Waals surface area contributed by atoms with E-state index >= 15 is 0 Å². The van der Waals surface area contributed by atoms with Crippen LogP contribution in [0.1, 0.15) is 31.2 Å². The molecule has 2 amide bonds. The van der Waals surface area contributed by atoms with Crippen LogP contribution in [0.5, 0.6) is 0 Å². The van der Waals surface area contributed by atoms with Gasteiger partial charge >= 0.3 is 0 Å². The number of hydrogen-bond donors (Lipinski definition) is 1. The first-order valence-electron chi connectivity index (χ1n) is 8.24. The van der Waals surface area contributed by atoms with Crippen LogP contribution in [0.4, 0.5) is 0 Å². The molecule has 1 saturated heterocycles. The molecule has 0 aromatic heterocycles. The van der Waals surface area contributed by atoms with E-state index in [2.05, 4.69) is 5.32 Å². The van der Waals surface area contributed by atoms with Crippen LogP contribution in [0.25, 0.3) is 6.08 Å². The van der Waals surface area contributed by atoms with Gasteiger partial charge in [0.2, 0.25) is 5.91 Å². The predicted molar refractivity (Wildman–Crippen MR) is 98.8 cm³/mol. The third kappa shape index (κ3) is 3.78. The average molecular weight is 365 g/mol. The Hall–Kier alpha value is -1.46. The Kier molecular flexibility index (Phi) is 5.51. The molecule has 1 saturated carbocycles. The second kappa shape index (κ2) is 7.62. The number of rotatable bonds is 3. The van der Waals surface area contributed by atoms with Gasteiger partial charge in [0.25, 0.3) is 5.91 Å². The summed E-state index contributed by atoms with van der Waals surface area (Å²) in [4.78, 5) is 27.3. The molecule has 1 aliphatic carbocycles. The van der Waals surface area contributed by atoms with Crippen molar-refractivity contribution < 1.29 is 9.59 Å². The van der Waals surface area contributed by atoms with Crippen molar-refractivity contribution in [3.8, 4) is 0 Å². The molecule has 6 heteroatoms. The standard InChI is InChI=1S/C18H21ClN2O2S/c1-20-17(22)11-21-14-7-2-3-8-15(14)24-16(18(21)23)10-12-5-4-6-13(19)9-12/h4-6,9-10,14-15H,2-3,7-8,11H2,1H3,(H,20,22)/b16-10+. The van der Waals surface area contributed by atoms with E-state index < -0.39 is 0 Å². The molecule has 1 aromatic carbocycles. The number of fused-ring (bicyclic) bond motifs is 1. The van der Waals surface area contributed by atoms with Gasteiger partial charge in [0.05, 0.1) is 4.91 Å². The first kappa shape index (κ1) is 17.4. The zero-order valence-electron chi connectivity index (χ0n) is 13.6. The number of carbonyl (C=O) groups excluding carboxylic acids is 2. The number of thioether (sulfide) groups is 1. The van der Waals surface area contributed by atoms with Crippen LogP contribution in [0, 0.1) is 0 Å². The number of halogens is 1. The highest BCUT2D eigenvalue weighted by Crippen LogP contribution is 2.42. The minimum absolute atomic E-state index is 0.0493. The number of carbonyl (C=O) groups is 2. The van der Waals surface area contributed by atoms with Crippen molar-refractivity contribution in [2.24, 2.45) is 0 Å². The molecule has 3 rings (SSSR count). The molecule has 1 aliphatic heterocycles. The van der Waals surface area contributed by atoms with Crippen LogP contribution in [-0.2, 0) is 9.59 Å². The first-order chi connectivity index (χ1) is 11.6. The van der Waals surface area contributed by atoms with Gasteiger partial charge in [-0.3, -0.25) is 9.59 Å². The van der Waals surface area contributed by atoms with Gasteiger partial charge in [0.15, 0.2) is 0 Å². The van der Waals surface area contributed by atoms with Gasteiger partial charge in [0, 0.05) is 23.4 Å². The fraction of sp³-hybridized carbons (Fsp3) is 0.444. The summed E-state index contributed by atoms with van der Waals surface area (Å²) in [7, 11) is 1.60. The topological polar surface area (TPSA) is 49.4 Å². The third-order valence-corrected chi connectivity index (χ3v) is 6.19. The second-order valence-electron chi connectivity index (χ2n) is 6.18. The number of nitrogens with one attached hydrogen (secondary N) is 1. The molecule has 0 radical (unpaired) electrons. The van der Waals surface area contributed by atoms with E-state index in [0.717, 1.165) is 24.8 Å². The van der Waals surface area contributed by atoms with Gasteiger partial charge in [-0.1, -0.05) is 36.6 Å². The Morgan fingerprint density at radius 2 is 2.21 bits per heavy atom. The van der Waals surface area contributed by atoms with Crippen LogP contribution < -0.4 is 5.32 Å². The Balaban J connectivity index is 1.90. The van der Waals surface area contributed by atoms with Gasteiger partial charge < -0.3 is 10.2 Å². The smallest absolute Gasteiger partial charge is 0.261 e. The van der Waals surface area contributed by atoms with Crippen LogP contribution >= 0.6 is 23.4 Å². The van der Waals surface area contributed by atoms with E-state index in [1.165, 1.54) is 6.42 Å². The fourth-order valence-corrected chi connectivity index (χ4v) is 5.01. The summed E-state index contributed by atoms with van der Waals surface area (Å²) in [6.07, 6.45) is 6.25. The molecule has 2 unspecified atom stereocenters. The lowest BCUT2D eigenvalue weighted by Gasteiger charge is -2.43. The third-order valence-electron chi connectivity index (χ3n) is 4.56. The van der Waals surface area contributed by atoms with Gasteiger partial charge in [-0.15, -0.1) is 11.8 Å². The molecule has 2 aliphatic rings. The largest absolute Gasteiger partial charge is 0.358 e. The summed E-state index contributed by atoms with van der Waals surface area (Å²) < 4.78 is 0. The highest BCUT2D eigenvalue weighted by Gasteiger charge is 2.41. The van der Waals surface area contributed by atoms with Crippen molar-refractivity contribution in [2.75, 3.05) is 13.6 Å². The molecule has 1 heterocycles. The van der Waals surface area contributed by atoms with Crippen LogP contribution in [-0.4, -0.2) is 41.6 Å². The molecule has 1 N–H and O–H groups in total. The van der Waals surface area contributed by atoms with Crippen molar-refractivity contribution in [2.45, 2.75) is 37.0 Å². The number of amides is 2. The highest BCUT2D eigenvalue weighted by molar-refractivity contribution is 8.04. The van der Waals surface area contributed by atoms with Gasteiger partial charge in [0.1, 0.15) is 6.54 Å². The van der Waals surface area contributed by atoms with Crippen molar-refractivity contribution in [1.82, 2.24) is 10.2 Å². The summed E-state index contributed by atoms with van der Waals surface area (Å²) in [6.45, 7) is 0.129. The molecule has 0 bridgehead atoms. The quantitative estimate of drug-likeness (QED) is 0.837. The molecule has 0 spiro atoms. The molecule has 2 fully saturated rings. The van der Waals surface area contributed by atoms with Crippen molar-refractivity contribution in [3.05, 3.63) is 39.8 Å². The minimum atomic E-state index is -0.123. The fourth-order valence-electron chi connectivity index (χ4n) is 3.34. The maximum Gasteiger partial charge on any atom is 0.261 e. The van der Waals surface area contributed by atoms with Crippen LogP contribution in [0.3, 0.4) is 0 Å². The van der Waals surface area contributed by atoms with Gasteiger partial charge in [-0.25, -0.2) is 0 Å². The van der Waals surface area contributed by atoms with Gasteiger partial charge in [-0.2, -0.15) is 0 Å². The van der Waals surface area contributed by atoms with E-state index in [-0.39, 0.29) is 24.4 Å². The van der Waals surface area contributed by atoms with E-state index in [9.17, 15) is 9.59 Å². The normalized spacial score (nSPS) is 25.5. The number of likely N-dealkylation sites (N-methyl/N-ethyl adjacent to an activating group) is 1. The zero-order valence-corrected chi connectivity index (χ0v) is 15.2. The number of benzene rings is 1. The molecular weight excluding hydrogens is 344 g/mol. The molecule has 1 aromatic rings. The monoisotopic (exact) mass is 364 g/mol. The summed E-state index contributed by atoms with van der Waals surface area (Å²) in [5.41, 5.74) is 0.910. The SMILES string of the molecule is CNC(=O)CN1C(=O)/C(=C\c2cccc(Cl)c2)SC2CCCCC21. The second-order valence-corrected chi connectivity index (χ2v) is 7.90. The summed E-state index contributed by atoms with van der Waals surface area (Å²) in [5.74, 6) is -0.173. The highest BCUT2D eigenvalue weighted by atomic mass is 35.5. The molecule has 128 valence electrons. The summed E-state index contributed by atoms with van der Waals surface area (Å²) in [6, 6.07) is 7.62. The Morgan fingerprint density at radius 3 is 2.96 bits per heavy atom. The lowest BCUT2D eigenvalue weighted by molar-refractivity contribution is -0.135. The van der Waals surface area contributed by atoms with E-state index in [4.69, 9.17) is 11.6 Å². The van der Waals surface area contributed by atoms with E-state index in [1.807, 2.05) is 30.3 Å². The molecule has 2 atom stereocenters. The zero-order chi connectivity index (χ0) is 17.1. The Morgan fingerprint density at radius 1 is 1.42 bits per heavy atom. The Bertz CT molecular complexity index is 677. The lowest BCUT2D eigenvalue weighted by atomic mass is 9.93. The van der Waals surface area contributed by atoms with Crippen LogP contribution in [0.15, 0.2) is 29.2 Å². The van der Waals surface area contributed by atoms with Crippen molar-refractivity contribution in [1.29, 1.82) is 0 Å². The van der Waals surface area contributed by atoms with Crippen molar-refractivity contribution in [3.63, 3.8) is 0 Å². The number of nitrogens with zero attached hydrogens (tertiary/aromatic N) is 1. The van der Waals surface area contributed by atoms with Gasteiger partial charge in [-0.05, 0) is 36.6 Å². The van der Waals surface area contributed by atoms with Crippen LogP contribution in [0.2, 0.25) is 5.02 Å². The van der Waals surface area contributed by atoms with Crippen molar-refractivity contribution >= 4 is 41.3 Å². The van der Waals surface area contributed by atoms with E-state index in [1.54, 1.807) is 23.7 Å². The summed E-state index contributed by atoms with van der Waals surface area (Å²) >= 11 is 7.70. The first-order valence-corrected chi connectivity index (χ1v) is 9.49. The maximum atomic E-state index is 12.9. The predicted octanol–water partition coefficient (Wildman–Crippen LogP) is 3.31. The maximum absolute atomic E-state index is 12.9. The van der Waals surface area contributed by atoms with E-state index in [0.29, 0.717) is 15.2 Å². The molecule has 4 nitrogen and oxygen atoms in total. The summed E-state index contributed by atoms with van der Waals surface area (Å²) in [5, 5.41) is 3.64. The number of hydrogen-bond acceptors (Lipinski definition) is 3. The average Bonchev–Trinajstić information content (AvgIpc) is 2.58. The Labute approximate surface area is 151 Å². The lowest BCUT2D eigenvalue weighted by Crippen LogP contribution is -2.54. The molecule has 24 heavy (non-hydrogen) atoms.